The van der Waals surface area contributed by atoms with Crippen LogP contribution in [0.15, 0.2) is 6.07 Å². The molecule has 0 aliphatic heterocycles. The summed E-state index contributed by atoms with van der Waals surface area (Å²) in [7, 11) is 3.34. The number of carbonyl (C=O) groups excluding carboxylic acids is 1. The van der Waals surface area contributed by atoms with Gasteiger partial charge in [0.05, 0.1) is 6.54 Å². The number of hydrogen-bond donors (Lipinski definition) is 2. The second kappa shape index (κ2) is 4.79. The van der Waals surface area contributed by atoms with Gasteiger partial charge >= 0.3 is 0 Å². The number of carbonyl (C=O) groups is 1. The highest BCUT2D eigenvalue weighted by molar-refractivity contribution is 6.29. The van der Waals surface area contributed by atoms with Crippen LogP contribution in [-0.2, 0) is 4.79 Å². The maximum Gasteiger partial charge on any atom is 0.241 e. The van der Waals surface area contributed by atoms with E-state index >= 15 is 0 Å². The topological polar surface area (TPSA) is 84.1 Å². The molecule has 3 N–H and O–H groups in total. The molecule has 1 heterocycles. The van der Waals surface area contributed by atoms with Crippen LogP contribution in [-0.4, -0.2) is 41.4 Å². The third-order valence-electron chi connectivity index (χ3n) is 1.63. The summed E-state index contributed by atoms with van der Waals surface area (Å²) in [6.07, 6.45) is 0. The minimum atomic E-state index is -0.0664. The van der Waals surface area contributed by atoms with E-state index in [0.29, 0.717) is 5.82 Å². The first-order chi connectivity index (χ1) is 6.99. The van der Waals surface area contributed by atoms with Gasteiger partial charge in [-0.2, -0.15) is 4.98 Å². The zero-order chi connectivity index (χ0) is 11.4. The Morgan fingerprint density at radius 2 is 2.27 bits per heavy atom. The monoisotopic (exact) mass is 229 g/mol. The molecule has 0 aliphatic carbocycles. The van der Waals surface area contributed by atoms with E-state index in [2.05, 4.69) is 15.3 Å². The van der Waals surface area contributed by atoms with E-state index in [9.17, 15) is 4.79 Å². The highest BCUT2D eigenvalue weighted by Gasteiger charge is 2.05. The molecule has 6 nitrogen and oxygen atoms in total. The molecule has 1 aromatic heterocycles. The fourth-order valence-electron chi connectivity index (χ4n) is 0.850. The average Bonchev–Trinajstić information content (AvgIpc) is 2.12. The summed E-state index contributed by atoms with van der Waals surface area (Å²) < 4.78 is 0. The largest absolute Gasteiger partial charge is 0.368 e. The van der Waals surface area contributed by atoms with E-state index in [1.54, 1.807) is 14.1 Å². The van der Waals surface area contributed by atoms with Crippen LogP contribution in [0.5, 0.6) is 0 Å². The quantitative estimate of drug-likeness (QED) is 0.724. The lowest BCUT2D eigenvalue weighted by molar-refractivity contribution is -0.126. The molecule has 15 heavy (non-hydrogen) atoms. The van der Waals surface area contributed by atoms with Gasteiger partial charge in [0, 0.05) is 20.2 Å². The number of nitrogen functional groups attached to an aromatic ring is 1. The number of anilines is 2. The van der Waals surface area contributed by atoms with E-state index in [-0.39, 0.29) is 23.6 Å². The Morgan fingerprint density at radius 3 is 2.80 bits per heavy atom. The fraction of sp³-hybridized carbons (Fsp3) is 0.375. The molecule has 82 valence electrons. The van der Waals surface area contributed by atoms with Crippen molar-refractivity contribution >= 4 is 29.3 Å². The van der Waals surface area contributed by atoms with Gasteiger partial charge in [-0.25, -0.2) is 4.98 Å². The highest BCUT2D eigenvalue weighted by Crippen LogP contribution is 2.11. The first kappa shape index (κ1) is 11.5. The van der Waals surface area contributed by atoms with Crippen molar-refractivity contribution in [2.75, 3.05) is 31.7 Å². The van der Waals surface area contributed by atoms with Gasteiger partial charge in [-0.05, 0) is 0 Å². The Bertz CT molecular complexity index is 348. The lowest BCUT2D eigenvalue weighted by Gasteiger charge is -2.11. The molecule has 1 aromatic rings. The lowest BCUT2D eigenvalue weighted by Crippen LogP contribution is -2.28. The van der Waals surface area contributed by atoms with Gasteiger partial charge < -0.3 is 16.0 Å². The summed E-state index contributed by atoms with van der Waals surface area (Å²) in [4.78, 5) is 20.3. The average molecular weight is 230 g/mol. The van der Waals surface area contributed by atoms with Crippen LogP contribution < -0.4 is 11.1 Å². The maximum absolute atomic E-state index is 11.2. The van der Waals surface area contributed by atoms with E-state index in [4.69, 9.17) is 17.3 Å². The van der Waals surface area contributed by atoms with Crippen molar-refractivity contribution in [2.45, 2.75) is 0 Å². The summed E-state index contributed by atoms with van der Waals surface area (Å²) in [5.74, 6) is 0.438. The molecule has 0 aliphatic rings. The number of aromatic nitrogens is 2. The minimum Gasteiger partial charge on any atom is -0.368 e. The molecule has 0 aromatic carbocycles. The fourth-order valence-corrected chi connectivity index (χ4v) is 1.04. The molecular formula is C8H12ClN5O. The molecule has 0 radical (unpaired) electrons. The van der Waals surface area contributed by atoms with Gasteiger partial charge in [0.25, 0.3) is 0 Å². The first-order valence-corrected chi connectivity index (χ1v) is 4.61. The van der Waals surface area contributed by atoms with Crippen molar-refractivity contribution < 1.29 is 4.79 Å². The number of hydrogen-bond acceptors (Lipinski definition) is 5. The Labute approximate surface area is 92.4 Å². The molecule has 0 spiro atoms. The van der Waals surface area contributed by atoms with Crippen molar-refractivity contribution in [3.63, 3.8) is 0 Å². The molecule has 1 rings (SSSR count). The maximum atomic E-state index is 11.2. The molecule has 0 bridgehead atoms. The Balaban J connectivity index is 2.61. The third-order valence-corrected chi connectivity index (χ3v) is 1.83. The van der Waals surface area contributed by atoms with Crippen LogP contribution in [0, 0.1) is 0 Å². The van der Waals surface area contributed by atoms with Crippen LogP contribution in [0.4, 0.5) is 11.8 Å². The van der Waals surface area contributed by atoms with Gasteiger partial charge in [-0.3, -0.25) is 4.79 Å². The number of nitrogens with two attached hydrogens (primary N) is 1. The normalized spacial score (nSPS) is 9.80. The van der Waals surface area contributed by atoms with Crippen LogP contribution in [0.25, 0.3) is 0 Å². The third kappa shape index (κ3) is 3.59. The Morgan fingerprint density at radius 1 is 1.60 bits per heavy atom. The van der Waals surface area contributed by atoms with Crippen molar-refractivity contribution in [2.24, 2.45) is 0 Å². The van der Waals surface area contributed by atoms with Gasteiger partial charge in [0.15, 0.2) is 0 Å². The standard InChI is InChI=1S/C8H12ClN5O/c1-14(2)7(15)4-11-6-3-5(9)12-8(10)13-6/h3H,4H2,1-2H3,(H3,10,11,12,13). The predicted molar refractivity (Wildman–Crippen MR) is 58.6 cm³/mol. The predicted octanol–water partition coefficient (Wildman–Crippen LogP) is 0.212. The molecular weight excluding hydrogens is 218 g/mol. The highest BCUT2D eigenvalue weighted by atomic mass is 35.5. The molecule has 0 fully saturated rings. The van der Waals surface area contributed by atoms with Gasteiger partial charge in [-0.15, -0.1) is 0 Å². The number of nitrogens with zero attached hydrogens (tertiary/aromatic N) is 3. The van der Waals surface area contributed by atoms with Gasteiger partial charge in [0.2, 0.25) is 11.9 Å². The van der Waals surface area contributed by atoms with Crippen molar-refractivity contribution in [1.82, 2.24) is 14.9 Å². The first-order valence-electron chi connectivity index (χ1n) is 4.23. The van der Waals surface area contributed by atoms with Crippen LogP contribution in [0.3, 0.4) is 0 Å². The molecule has 7 heteroatoms. The number of likely N-dealkylation sites (N-methyl/N-ethyl adjacent to an activating group) is 1. The van der Waals surface area contributed by atoms with Crippen molar-refractivity contribution in [1.29, 1.82) is 0 Å². The smallest absolute Gasteiger partial charge is 0.241 e. The summed E-state index contributed by atoms with van der Waals surface area (Å²) in [6.45, 7) is 0.139. The van der Waals surface area contributed by atoms with E-state index in [1.165, 1.54) is 11.0 Å². The molecule has 0 unspecified atom stereocenters. The second-order valence-corrected chi connectivity index (χ2v) is 3.46. The van der Waals surface area contributed by atoms with Crippen LogP contribution in [0.2, 0.25) is 5.15 Å². The van der Waals surface area contributed by atoms with E-state index < -0.39 is 0 Å². The van der Waals surface area contributed by atoms with E-state index in [0.717, 1.165) is 0 Å². The zero-order valence-electron chi connectivity index (χ0n) is 8.49. The second-order valence-electron chi connectivity index (χ2n) is 3.08. The molecule has 0 saturated carbocycles. The zero-order valence-corrected chi connectivity index (χ0v) is 9.25. The number of amides is 1. The van der Waals surface area contributed by atoms with Gasteiger partial charge in [-0.1, -0.05) is 11.6 Å². The van der Waals surface area contributed by atoms with Gasteiger partial charge in [0.1, 0.15) is 11.0 Å². The number of rotatable bonds is 3. The Hall–Kier alpha value is -1.56. The number of halogens is 1. The summed E-state index contributed by atoms with van der Waals surface area (Å²) in [6, 6.07) is 1.50. The minimum absolute atomic E-state index is 0.0664. The lowest BCUT2D eigenvalue weighted by atomic mass is 10.5. The van der Waals surface area contributed by atoms with E-state index in [1.807, 2.05) is 0 Å². The Kier molecular flexibility index (Phi) is 3.68. The molecule has 0 atom stereocenters. The summed E-state index contributed by atoms with van der Waals surface area (Å²) >= 11 is 5.66. The SMILES string of the molecule is CN(C)C(=O)CNc1cc(Cl)nc(N)n1. The summed E-state index contributed by atoms with van der Waals surface area (Å²) in [5, 5.41) is 3.04. The van der Waals surface area contributed by atoms with Crippen molar-refractivity contribution in [3.8, 4) is 0 Å². The molecule has 1 amide bonds. The van der Waals surface area contributed by atoms with Crippen LogP contribution >= 0.6 is 11.6 Å². The summed E-state index contributed by atoms with van der Waals surface area (Å²) in [5.41, 5.74) is 5.38. The van der Waals surface area contributed by atoms with Crippen LogP contribution in [0.1, 0.15) is 0 Å². The molecule has 0 saturated heterocycles. The number of nitrogens with one attached hydrogen (secondary N) is 1. The van der Waals surface area contributed by atoms with Crippen molar-refractivity contribution in [3.05, 3.63) is 11.2 Å².